The summed E-state index contributed by atoms with van der Waals surface area (Å²) in [7, 11) is 0. The zero-order chi connectivity index (χ0) is 18.5. The van der Waals surface area contributed by atoms with E-state index in [0.29, 0.717) is 6.61 Å². The van der Waals surface area contributed by atoms with Gasteiger partial charge in [0.25, 0.3) is 0 Å². The third-order valence-electron chi connectivity index (χ3n) is 4.36. The van der Waals surface area contributed by atoms with Crippen molar-refractivity contribution in [3.05, 3.63) is 65.6 Å². The Morgan fingerprint density at radius 1 is 0.885 bits per heavy atom. The Morgan fingerprint density at radius 2 is 1.65 bits per heavy atom. The molecule has 0 spiro atoms. The van der Waals surface area contributed by atoms with Gasteiger partial charge in [-0.1, -0.05) is 57.3 Å². The first-order valence-electron chi connectivity index (χ1n) is 9.93. The van der Waals surface area contributed by atoms with E-state index in [-0.39, 0.29) is 0 Å². The second-order valence-corrected chi connectivity index (χ2v) is 7.74. The topological polar surface area (TPSA) is 9.23 Å². The van der Waals surface area contributed by atoms with Crippen LogP contribution in [-0.4, -0.2) is 6.61 Å². The molecule has 2 heteroatoms. The molecule has 0 atom stereocenters. The van der Waals surface area contributed by atoms with Crippen LogP contribution in [0.15, 0.2) is 60.7 Å². The molecule has 0 unspecified atom stereocenters. The molecule has 0 N–H and O–H groups in total. The van der Waals surface area contributed by atoms with Gasteiger partial charge >= 0.3 is 0 Å². The van der Waals surface area contributed by atoms with Gasteiger partial charge in [-0.15, -0.1) is 11.3 Å². The van der Waals surface area contributed by atoms with E-state index >= 15 is 0 Å². The van der Waals surface area contributed by atoms with Gasteiger partial charge in [0.1, 0.15) is 12.4 Å². The van der Waals surface area contributed by atoms with E-state index in [1.165, 1.54) is 60.3 Å². The summed E-state index contributed by atoms with van der Waals surface area (Å²) < 4.78 is 5.72. The Balaban J connectivity index is 1.77. The number of unbranched alkanes of at least 4 members (excludes halogenated alkanes) is 5. The van der Waals surface area contributed by atoms with E-state index in [4.69, 9.17) is 4.74 Å². The number of hydrogen-bond acceptors (Lipinski definition) is 2. The van der Waals surface area contributed by atoms with E-state index in [1.54, 1.807) is 0 Å². The Labute approximate surface area is 163 Å². The first-order valence-corrected chi connectivity index (χ1v) is 10.7. The number of hydrogen-bond donors (Lipinski definition) is 0. The van der Waals surface area contributed by atoms with Gasteiger partial charge in [-0.05, 0) is 67.8 Å². The van der Waals surface area contributed by atoms with Crippen LogP contribution in [0.3, 0.4) is 0 Å². The maximum absolute atomic E-state index is 5.72. The summed E-state index contributed by atoms with van der Waals surface area (Å²) in [4.78, 5) is 2.86. The van der Waals surface area contributed by atoms with Crippen LogP contribution in [0.5, 0.6) is 5.75 Å². The van der Waals surface area contributed by atoms with Crippen molar-refractivity contribution in [1.29, 1.82) is 0 Å². The second kappa shape index (κ2) is 12.5. The molecule has 26 heavy (non-hydrogen) atoms. The highest BCUT2D eigenvalue weighted by Crippen LogP contribution is 2.30. The molecule has 0 fully saturated rings. The molecular formula is C24H32OS. The lowest BCUT2D eigenvalue weighted by atomic mass is 10.1. The van der Waals surface area contributed by atoms with Gasteiger partial charge in [-0.2, -0.15) is 0 Å². The molecular weight excluding hydrogens is 336 g/mol. The Kier molecular flexibility index (Phi) is 9.89. The summed E-state index contributed by atoms with van der Waals surface area (Å²) in [6.07, 6.45) is 17.4. The number of aryl methyl sites for hydroxylation is 1. The van der Waals surface area contributed by atoms with Gasteiger partial charge in [0, 0.05) is 9.75 Å². The minimum absolute atomic E-state index is 0.602. The summed E-state index contributed by atoms with van der Waals surface area (Å²) in [5.41, 5.74) is 1.28. The third-order valence-corrected chi connectivity index (χ3v) is 5.56. The summed E-state index contributed by atoms with van der Waals surface area (Å²) in [5, 5.41) is 0. The van der Waals surface area contributed by atoms with Gasteiger partial charge in [0.05, 0.1) is 0 Å². The molecule has 2 aromatic rings. The predicted octanol–water partition coefficient (Wildman–Crippen LogP) is 7.83. The highest BCUT2D eigenvalue weighted by atomic mass is 32.1. The van der Waals surface area contributed by atoms with Crippen LogP contribution in [0.4, 0.5) is 0 Å². The molecule has 0 saturated heterocycles. The average Bonchev–Trinajstić information content (AvgIpc) is 3.14. The zero-order valence-electron chi connectivity index (χ0n) is 16.2. The number of allylic oxidation sites excluding steroid dienone is 3. The maximum Gasteiger partial charge on any atom is 0.119 e. The van der Waals surface area contributed by atoms with E-state index in [9.17, 15) is 0 Å². The highest BCUT2D eigenvalue weighted by molar-refractivity contribution is 7.15. The molecule has 0 radical (unpaired) electrons. The quantitative estimate of drug-likeness (QED) is 0.274. The van der Waals surface area contributed by atoms with E-state index in [0.717, 1.165) is 5.75 Å². The van der Waals surface area contributed by atoms with Gasteiger partial charge < -0.3 is 4.74 Å². The average molecular weight is 369 g/mol. The van der Waals surface area contributed by atoms with E-state index < -0.39 is 0 Å². The van der Waals surface area contributed by atoms with Crippen molar-refractivity contribution in [2.24, 2.45) is 0 Å². The number of benzene rings is 1. The van der Waals surface area contributed by atoms with Crippen molar-refractivity contribution in [1.82, 2.24) is 0 Å². The van der Waals surface area contributed by atoms with Gasteiger partial charge in [-0.3, -0.25) is 0 Å². The second-order valence-electron chi connectivity index (χ2n) is 6.57. The molecule has 140 valence electrons. The summed E-state index contributed by atoms with van der Waals surface area (Å²) >= 11 is 1.93. The van der Waals surface area contributed by atoms with Crippen molar-refractivity contribution in [3.8, 4) is 16.2 Å². The fourth-order valence-corrected chi connectivity index (χ4v) is 3.91. The van der Waals surface area contributed by atoms with Crippen molar-refractivity contribution in [2.75, 3.05) is 6.61 Å². The smallest absolute Gasteiger partial charge is 0.119 e. The Hall–Kier alpha value is -1.80. The third kappa shape index (κ3) is 7.61. The van der Waals surface area contributed by atoms with E-state index in [1.807, 2.05) is 42.6 Å². The summed E-state index contributed by atoms with van der Waals surface area (Å²) in [6, 6.07) is 13.0. The first kappa shape index (κ1) is 20.5. The molecule has 1 heterocycles. The summed E-state index contributed by atoms with van der Waals surface area (Å²) in [5.74, 6) is 0.919. The predicted molar refractivity (Wildman–Crippen MR) is 116 cm³/mol. The molecule has 0 amide bonds. The monoisotopic (exact) mass is 368 g/mol. The van der Waals surface area contributed by atoms with Crippen LogP contribution >= 0.6 is 11.3 Å². The van der Waals surface area contributed by atoms with Crippen LogP contribution in [0, 0.1) is 0 Å². The zero-order valence-corrected chi connectivity index (χ0v) is 17.1. The number of rotatable bonds is 12. The van der Waals surface area contributed by atoms with Crippen LogP contribution < -0.4 is 4.74 Å². The van der Waals surface area contributed by atoms with Crippen molar-refractivity contribution >= 4 is 11.3 Å². The number of ether oxygens (including phenoxy) is 1. The molecule has 2 rings (SSSR count). The molecule has 0 saturated carbocycles. The highest BCUT2D eigenvalue weighted by Gasteiger charge is 2.04. The van der Waals surface area contributed by atoms with Gasteiger partial charge in [-0.25, -0.2) is 0 Å². The maximum atomic E-state index is 5.72. The number of thiophene rings is 1. The fraction of sp³-hybridized carbons (Fsp3) is 0.417. The Bertz CT molecular complexity index is 664. The normalized spacial score (nSPS) is 11.6. The minimum Gasteiger partial charge on any atom is -0.490 e. The molecule has 0 aliphatic rings. The Morgan fingerprint density at radius 3 is 2.42 bits per heavy atom. The minimum atomic E-state index is 0.602. The fourth-order valence-electron chi connectivity index (χ4n) is 2.85. The first-order chi connectivity index (χ1) is 12.8. The van der Waals surface area contributed by atoms with E-state index in [2.05, 4.69) is 43.3 Å². The SMILES string of the molecule is C/C=C/C=C/COc1ccc(-c2ccc(CCCCCCCC)s2)cc1. The summed E-state index contributed by atoms with van der Waals surface area (Å²) in [6.45, 7) is 4.88. The lowest BCUT2D eigenvalue weighted by Gasteiger charge is -2.04. The molecule has 0 aliphatic heterocycles. The van der Waals surface area contributed by atoms with Crippen molar-refractivity contribution < 1.29 is 4.74 Å². The molecule has 0 bridgehead atoms. The van der Waals surface area contributed by atoms with Crippen molar-refractivity contribution in [2.45, 2.75) is 58.8 Å². The van der Waals surface area contributed by atoms with Crippen LogP contribution in [0.1, 0.15) is 57.2 Å². The van der Waals surface area contributed by atoms with Gasteiger partial charge in [0.15, 0.2) is 0 Å². The van der Waals surface area contributed by atoms with Gasteiger partial charge in [0.2, 0.25) is 0 Å². The van der Waals surface area contributed by atoms with Crippen LogP contribution in [0.2, 0.25) is 0 Å². The molecule has 1 aromatic carbocycles. The molecule has 1 nitrogen and oxygen atoms in total. The molecule has 1 aromatic heterocycles. The lowest BCUT2D eigenvalue weighted by molar-refractivity contribution is 0.363. The van der Waals surface area contributed by atoms with Crippen molar-refractivity contribution in [3.63, 3.8) is 0 Å². The van der Waals surface area contributed by atoms with Crippen LogP contribution in [0.25, 0.3) is 10.4 Å². The van der Waals surface area contributed by atoms with Crippen LogP contribution in [-0.2, 0) is 6.42 Å². The lowest BCUT2D eigenvalue weighted by Crippen LogP contribution is -1.92. The standard InChI is InChI=1S/C24H32OS/c1-3-5-7-9-10-11-13-23-18-19-24(26-23)21-14-16-22(17-15-21)25-20-12-8-6-4-2/h4,6,8,12,14-19H,3,5,7,9-11,13,20H2,1-2H3/b6-4+,12-8+. The largest absolute Gasteiger partial charge is 0.490 e. The molecule has 0 aliphatic carbocycles.